The zero-order valence-electron chi connectivity index (χ0n) is 11.7. The van der Waals surface area contributed by atoms with Crippen molar-refractivity contribution in [1.82, 2.24) is 5.01 Å². The number of halogens is 4. The number of fused-ring (bicyclic) bond motifs is 1. The van der Waals surface area contributed by atoms with Crippen LogP contribution in [0.5, 0.6) is 0 Å². The first-order valence-corrected chi connectivity index (χ1v) is 7.07. The van der Waals surface area contributed by atoms with Crippen LogP contribution in [0, 0.1) is 0 Å². The molecule has 0 fully saturated rings. The highest BCUT2D eigenvalue weighted by molar-refractivity contribution is 6.31. The molecule has 1 atom stereocenters. The maximum Gasteiger partial charge on any atom is 0.416 e. The van der Waals surface area contributed by atoms with Crippen LogP contribution in [0.4, 0.5) is 18.9 Å². The molecule has 0 radical (unpaired) electrons. The molecule has 0 amide bonds. The summed E-state index contributed by atoms with van der Waals surface area (Å²) in [6.45, 7) is 0.0418. The Hall–Kier alpha value is -1.80. The van der Waals surface area contributed by atoms with Gasteiger partial charge in [0.25, 0.3) is 0 Å². The summed E-state index contributed by atoms with van der Waals surface area (Å²) in [6, 6.07) is 9.45. The van der Waals surface area contributed by atoms with Crippen LogP contribution in [0.25, 0.3) is 0 Å². The molecule has 4 N–H and O–H groups in total. The van der Waals surface area contributed by atoms with Crippen LogP contribution in [0.2, 0.25) is 5.02 Å². The standard InChI is InChI=1S/C15H13ClF3N3O/c16-12-4-2-1-3-10(12)14(23)11-7-9(15(17,18)19)5-6-13(11)21-8-22(14)20/h1-7,21,23H,8,20H2. The third-order valence-electron chi connectivity index (χ3n) is 3.83. The fourth-order valence-corrected chi connectivity index (χ4v) is 2.91. The van der Waals surface area contributed by atoms with E-state index in [0.29, 0.717) is 5.69 Å². The smallest absolute Gasteiger partial charge is 0.371 e. The Kier molecular flexibility index (Phi) is 3.76. The fraction of sp³-hybridized carbons (Fsp3) is 0.200. The number of nitrogens with one attached hydrogen (secondary N) is 1. The second kappa shape index (κ2) is 5.38. The lowest BCUT2D eigenvalue weighted by Crippen LogP contribution is -2.56. The maximum atomic E-state index is 13.0. The van der Waals surface area contributed by atoms with E-state index in [4.69, 9.17) is 17.4 Å². The van der Waals surface area contributed by atoms with E-state index in [9.17, 15) is 18.3 Å². The van der Waals surface area contributed by atoms with Crippen molar-refractivity contribution in [3.05, 3.63) is 64.2 Å². The van der Waals surface area contributed by atoms with E-state index in [-0.39, 0.29) is 22.8 Å². The number of nitrogens with two attached hydrogens (primary N) is 1. The minimum absolute atomic E-state index is 0.00539. The van der Waals surface area contributed by atoms with Crippen LogP contribution in [0.15, 0.2) is 42.5 Å². The van der Waals surface area contributed by atoms with E-state index in [1.165, 1.54) is 18.2 Å². The number of anilines is 1. The van der Waals surface area contributed by atoms with Gasteiger partial charge in [-0.1, -0.05) is 29.8 Å². The zero-order valence-corrected chi connectivity index (χ0v) is 12.5. The number of alkyl halides is 3. The molecule has 1 heterocycles. The molecule has 2 aromatic carbocycles. The third kappa shape index (κ3) is 2.55. The molecular weight excluding hydrogens is 331 g/mol. The summed E-state index contributed by atoms with van der Waals surface area (Å²) in [5, 5.41) is 15.2. The van der Waals surface area contributed by atoms with Crippen molar-refractivity contribution < 1.29 is 18.3 Å². The van der Waals surface area contributed by atoms with Gasteiger partial charge >= 0.3 is 6.18 Å². The normalized spacial score (nSPS) is 21.7. The SMILES string of the molecule is NN1CNc2ccc(C(F)(F)F)cc2C1(O)c1ccccc1Cl. The molecule has 2 aromatic rings. The number of nitrogens with zero attached hydrogens (tertiary/aromatic N) is 1. The fourth-order valence-electron chi connectivity index (χ4n) is 2.65. The Bertz CT molecular complexity index is 753. The Morgan fingerprint density at radius 2 is 1.87 bits per heavy atom. The maximum absolute atomic E-state index is 13.0. The Morgan fingerprint density at radius 3 is 2.52 bits per heavy atom. The summed E-state index contributed by atoms with van der Waals surface area (Å²) in [4.78, 5) is 0. The zero-order chi connectivity index (χ0) is 16.8. The quantitative estimate of drug-likeness (QED) is 0.696. The van der Waals surface area contributed by atoms with Gasteiger partial charge in [0.15, 0.2) is 5.72 Å². The number of aliphatic hydroxyl groups is 1. The highest BCUT2D eigenvalue weighted by Gasteiger charge is 2.44. The van der Waals surface area contributed by atoms with Crippen molar-refractivity contribution in [2.75, 3.05) is 12.0 Å². The van der Waals surface area contributed by atoms with Gasteiger partial charge in [-0.05, 0) is 24.3 Å². The summed E-state index contributed by atoms with van der Waals surface area (Å²) in [7, 11) is 0. The molecule has 8 heteroatoms. The molecule has 122 valence electrons. The van der Waals surface area contributed by atoms with Crippen molar-refractivity contribution in [2.24, 2.45) is 5.84 Å². The summed E-state index contributed by atoms with van der Waals surface area (Å²) in [5.41, 5.74) is -2.28. The minimum Gasteiger partial charge on any atom is -0.371 e. The first kappa shape index (κ1) is 16.1. The second-order valence-corrected chi connectivity index (χ2v) is 5.62. The highest BCUT2D eigenvalue weighted by atomic mass is 35.5. The lowest BCUT2D eigenvalue weighted by atomic mass is 9.89. The monoisotopic (exact) mass is 343 g/mol. The van der Waals surface area contributed by atoms with Gasteiger partial charge in [0.1, 0.15) is 0 Å². The first-order valence-electron chi connectivity index (χ1n) is 6.70. The summed E-state index contributed by atoms with van der Waals surface area (Å²) >= 11 is 6.12. The third-order valence-corrected chi connectivity index (χ3v) is 4.16. The van der Waals surface area contributed by atoms with Crippen LogP contribution >= 0.6 is 11.6 Å². The average Bonchev–Trinajstić information content (AvgIpc) is 2.50. The van der Waals surface area contributed by atoms with E-state index in [1.54, 1.807) is 12.1 Å². The van der Waals surface area contributed by atoms with E-state index in [1.807, 2.05) is 0 Å². The number of rotatable bonds is 1. The second-order valence-electron chi connectivity index (χ2n) is 5.21. The van der Waals surface area contributed by atoms with Gasteiger partial charge < -0.3 is 10.4 Å². The van der Waals surface area contributed by atoms with E-state index in [0.717, 1.165) is 17.1 Å². The van der Waals surface area contributed by atoms with Crippen LogP contribution in [-0.2, 0) is 11.9 Å². The number of benzene rings is 2. The Morgan fingerprint density at radius 1 is 1.17 bits per heavy atom. The topological polar surface area (TPSA) is 61.5 Å². The molecule has 23 heavy (non-hydrogen) atoms. The molecule has 0 spiro atoms. The largest absolute Gasteiger partial charge is 0.416 e. The summed E-state index contributed by atoms with van der Waals surface area (Å²) in [5.74, 6) is 5.87. The summed E-state index contributed by atoms with van der Waals surface area (Å²) < 4.78 is 39.0. The van der Waals surface area contributed by atoms with Crippen molar-refractivity contribution in [1.29, 1.82) is 0 Å². The van der Waals surface area contributed by atoms with Crippen molar-refractivity contribution in [3.63, 3.8) is 0 Å². The molecule has 0 aromatic heterocycles. The molecule has 1 aliphatic heterocycles. The average molecular weight is 344 g/mol. The molecule has 1 aliphatic rings. The van der Waals surface area contributed by atoms with Gasteiger partial charge in [-0.2, -0.15) is 18.2 Å². The predicted octanol–water partition coefficient (Wildman–Crippen LogP) is 3.11. The van der Waals surface area contributed by atoms with Crippen LogP contribution in [-0.4, -0.2) is 16.8 Å². The van der Waals surface area contributed by atoms with Gasteiger partial charge in [0.2, 0.25) is 0 Å². The number of hydrogen-bond acceptors (Lipinski definition) is 4. The lowest BCUT2D eigenvalue weighted by molar-refractivity contribution is -0.138. The van der Waals surface area contributed by atoms with Crippen molar-refractivity contribution in [3.8, 4) is 0 Å². The lowest BCUT2D eigenvalue weighted by Gasteiger charge is -2.43. The first-order chi connectivity index (χ1) is 10.7. The van der Waals surface area contributed by atoms with E-state index in [2.05, 4.69) is 5.32 Å². The summed E-state index contributed by atoms with van der Waals surface area (Å²) in [6.07, 6.45) is -4.53. The predicted molar refractivity (Wildman–Crippen MR) is 80.4 cm³/mol. The van der Waals surface area contributed by atoms with Gasteiger partial charge in [0, 0.05) is 21.8 Å². The van der Waals surface area contributed by atoms with Crippen LogP contribution in [0.3, 0.4) is 0 Å². The van der Waals surface area contributed by atoms with Gasteiger partial charge in [-0.15, -0.1) is 0 Å². The van der Waals surface area contributed by atoms with E-state index < -0.39 is 17.5 Å². The number of hydrazine groups is 1. The molecule has 0 saturated heterocycles. The van der Waals surface area contributed by atoms with Crippen molar-refractivity contribution >= 4 is 17.3 Å². The molecule has 0 saturated carbocycles. The Labute approximate surface area is 135 Å². The molecule has 0 aliphatic carbocycles. The van der Waals surface area contributed by atoms with Gasteiger partial charge in [0.05, 0.1) is 12.2 Å². The molecule has 3 rings (SSSR count). The molecule has 4 nitrogen and oxygen atoms in total. The van der Waals surface area contributed by atoms with Gasteiger partial charge in [-0.25, -0.2) is 0 Å². The van der Waals surface area contributed by atoms with Gasteiger partial charge in [-0.3, -0.25) is 5.84 Å². The Balaban J connectivity index is 2.25. The molecule has 1 unspecified atom stereocenters. The van der Waals surface area contributed by atoms with Crippen molar-refractivity contribution in [2.45, 2.75) is 11.9 Å². The molecular formula is C15H13ClF3N3O. The minimum atomic E-state index is -4.53. The molecule has 0 bridgehead atoms. The number of hydrogen-bond donors (Lipinski definition) is 3. The van der Waals surface area contributed by atoms with E-state index >= 15 is 0 Å². The van der Waals surface area contributed by atoms with Crippen LogP contribution < -0.4 is 11.2 Å². The van der Waals surface area contributed by atoms with Crippen LogP contribution in [0.1, 0.15) is 16.7 Å². The highest BCUT2D eigenvalue weighted by Crippen LogP contribution is 2.43.